The molecule has 31 heavy (non-hydrogen) atoms. The van der Waals surface area contributed by atoms with Gasteiger partial charge in [-0.1, -0.05) is 51.2 Å². The average Bonchev–Trinajstić information content (AvgIpc) is 3.11. The van der Waals surface area contributed by atoms with Gasteiger partial charge in [0.25, 0.3) is 0 Å². The maximum Gasteiger partial charge on any atom is 0.166 e. The van der Waals surface area contributed by atoms with Gasteiger partial charge in [0.2, 0.25) is 0 Å². The third-order valence-corrected chi connectivity index (χ3v) is 12.1. The van der Waals surface area contributed by atoms with Crippen LogP contribution in [0.5, 0.6) is 0 Å². The molecular weight excluding hydrogens is 495 g/mol. The number of hydrogen-bond acceptors (Lipinski definition) is 2. The summed E-state index contributed by atoms with van der Waals surface area (Å²) in [5.41, 5.74) is 1.02. The van der Waals surface area contributed by atoms with Crippen molar-refractivity contribution in [1.82, 2.24) is 0 Å². The Morgan fingerprint density at radius 2 is 1.77 bits per heavy atom. The SMILES string of the molecule is C=Ic1cccc(C(=O)[C@H]2CC[C@H]3[C@@H]4CC[C@@H]5C[C@](C)(O)CC[C@]5(C)[C@H]4CC[C@]23C)c1. The van der Waals surface area contributed by atoms with Crippen molar-refractivity contribution in [2.24, 2.45) is 40.4 Å². The highest BCUT2D eigenvalue weighted by atomic mass is 127. The summed E-state index contributed by atoms with van der Waals surface area (Å²) in [4.78, 5) is 13.7. The van der Waals surface area contributed by atoms with E-state index < -0.39 is 5.60 Å². The Hall–Kier alpha value is -0.550. The molecule has 170 valence electrons. The van der Waals surface area contributed by atoms with Gasteiger partial charge in [-0.3, -0.25) is 4.79 Å². The quantitative estimate of drug-likeness (QED) is 0.340. The molecule has 0 radical (unpaired) electrons. The van der Waals surface area contributed by atoms with Crippen molar-refractivity contribution in [2.45, 2.75) is 84.2 Å². The van der Waals surface area contributed by atoms with Gasteiger partial charge >= 0.3 is 0 Å². The first-order valence-corrected chi connectivity index (χ1v) is 15.0. The summed E-state index contributed by atoms with van der Waals surface area (Å²) in [5, 5.41) is 10.7. The van der Waals surface area contributed by atoms with E-state index >= 15 is 0 Å². The summed E-state index contributed by atoms with van der Waals surface area (Å²) in [6.45, 7) is 7.06. The van der Waals surface area contributed by atoms with E-state index in [0.29, 0.717) is 23.0 Å². The number of hydrogen-bond donors (Lipinski definition) is 1. The normalized spacial score (nSPS) is 46.6. The van der Waals surface area contributed by atoms with Crippen LogP contribution in [0, 0.1) is 44.0 Å². The van der Waals surface area contributed by atoms with Gasteiger partial charge in [0.15, 0.2) is 5.78 Å². The highest BCUT2D eigenvalue weighted by Crippen LogP contribution is 2.68. The zero-order valence-corrected chi connectivity index (χ0v) is 21.7. The monoisotopic (exact) mass is 534 g/mol. The second-order valence-corrected chi connectivity index (χ2v) is 14.0. The molecule has 1 aromatic rings. The van der Waals surface area contributed by atoms with Crippen molar-refractivity contribution in [3.8, 4) is 0 Å². The summed E-state index contributed by atoms with van der Waals surface area (Å²) in [5.74, 6) is 3.52. The van der Waals surface area contributed by atoms with Gasteiger partial charge in [-0.2, -0.15) is 0 Å². The molecule has 0 heterocycles. The smallest absolute Gasteiger partial charge is 0.166 e. The van der Waals surface area contributed by atoms with Gasteiger partial charge in [0.05, 0.1) is 5.60 Å². The number of aliphatic hydroxyl groups is 1. The molecule has 0 unspecified atom stereocenters. The van der Waals surface area contributed by atoms with E-state index in [1.165, 1.54) is 42.1 Å². The van der Waals surface area contributed by atoms with Crippen LogP contribution in [0.1, 0.15) is 88.9 Å². The van der Waals surface area contributed by atoms with Crippen LogP contribution in [0.15, 0.2) is 24.3 Å². The third-order valence-electron chi connectivity index (χ3n) is 10.5. The van der Waals surface area contributed by atoms with Gasteiger partial charge in [0.1, 0.15) is 0 Å². The standard InChI is InChI=1S/C28H39IO2/c1-26(31)14-15-27(2)19(17-26)8-9-21-22-10-11-24(28(22,3)13-12-23(21)27)25(30)18-6-5-7-20(16-18)29-4/h5-7,16,19,21-24,31H,4,8-15,17H2,1-3H3/t19-,21+,22+,23+,24-,26-,27+,28+/m1/s1. The lowest BCUT2D eigenvalue weighted by atomic mass is 9.44. The Morgan fingerprint density at radius 3 is 2.55 bits per heavy atom. The Balaban J connectivity index is 1.39. The molecule has 4 aliphatic carbocycles. The number of halogens is 1. The van der Waals surface area contributed by atoms with E-state index in [1.807, 2.05) is 6.07 Å². The molecule has 0 saturated heterocycles. The van der Waals surface area contributed by atoms with Crippen LogP contribution >= 0.6 is 20.7 Å². The van der Waals surface area contributed by atoms with E-state index in [4.69, 9.17) is 0 Å². The number of carbonyl (C=O) groups excluding carboxylic acids is 1. The first kappa shape index (κ1) is 22.3. The minimum atomic E-state index is -0.462. The van der Waals surface area contributed by atoms with E-state index in [2.05, 4.69) is 43.5 Å². The summed E-state index contributed by atoms with van der Waals surface area (Å²) in [7, 11) is 0. The molecular formula is C28H39IO2. The maximum absolute atomic E-state index is 13.7. The molecule has 4 fully saturated rings. The summed E-state index contributed by atoms with van der Waals surface area (Å²) in [6.07, 6.45) is 10.5. The van der Waals surface area contributed by atoms with E-state index in [-0.39, 0.29) is 32.1 Å². The van der Waals surface area contributed by atoms with E-state index in [1.54, 1.807) is 0 Å². The Labute approximate surface area is 198 Å². The first-order chi connectivity index (χ1) is 14.7. The van der Waals surface area contributed by atoms with Gasteiger partial charge in [0, 0.05) is 15.1 Å². The maximum atomic E-state index is 13.7. The predicted molar refractivity (Wildman–Crippen MR) is 136 cm³/mol. The number of carbonyl (C=O) groups is 1. The van der Waals surface area contributed by atoms with Crippen LogP contribution in [-0.4, -0.2) is 21.0 Å². The van der Waals surface area contributed by atoms with Crippen molar-refractivity contribution in [3.63, 3.8) is 0 Å². The lowest BCUT2D eigenvalue weighted by Crippen LogP contribution is -2.55. The number of Topliss-reactive ketones (excluding diaryl/α,β-unsaturated/α-hetero) is 1. The number of rotatable bonds is 3. The Morgan fingerprint density at radius 1 is 1.00 bits per heavy atom. The fourth-order valence-corrected chi connectivity index (χ4v) is 9.81. The van der Waals surface area contributed by atoms with Crippen molar-refractivity contribution >= 4 is 31.0 Å². The fourth-order valence-electron chi connectivity index (χ4n) is 8.79. The van der Waals surface area contributed by atoms with Crippen LogP contribution in [0.3, 0.4) is 0 Å². The lowest BCUT2D eigenvalue weighted by Gasteiger charge is -2.61. The molecule has 0 amide bonds. The molecule has 0 bridgehead atoms. The molecule has 4 saturated carbocycles. The minimum absolute atomic E-state index is 0.164. The molecule has 0 aromatic heterocycles. The zero-order valence-electron chi connectivity index (χ0n) is 19.5. The highest BCUT2D eigenvalue weighted by Gasteiger charge is 2.61. The molecule has 5 rings (SSSR count). The predicted octanol–water partition coefficient (Wildman–Crippen LogP) is 6.85. The van der Waals surface area contributed by atoms with Crippen molar-refractivity contribution in [1.29, 1.82) is 0 Å². The highest BCUT2D eigenvalue weighted by molar-refractivity contribution is 14.2. The average molecular weight is 535 g/mol. The Kier molecular flexibility index (Phi) is 5.56. The summed E-state index contributed by atoms with van der Waals surface area (Å²) in [6, 6.07) is 8.35. The van der Waals surface area contributed by atoms with Gasteiger partial charge in [-0.05, 0) is 111 Å². The largest absolute Gasteiger partial charge is 0.390 e. The second kappa shape index (κ2) is 7.75. The van der Waals surface area contributed by atoms with Crippen LogP contribution in [0.4, 0.5) is 0 Å². The van der Waals surface area contributed by atoms with E-state index in [9.17, 15) is 9.90 Å². The topological polar surface area (TPSA) is 37.3 Å². The molecule has 0 aliphatic heterocycles. The van der Waals surface area contributed by atoms with Crippen molar-refractivity contribution < 1.29 is 9.90 Å². The fraction of sp³-hybridized carbons (Fsp3) is 0.714. The molecule has 3 heteroatoms. The Bertz CT molecular complexity index is 891. The second-order valence-electron chi connectivity index (χ2n) is 12.0. The molecule has 1 N–H and O–H groups in total. The number of benzene rings is 1. The molecule has 4 aliphatic rings. The molecule has 0 spiro atoms. The lowest BCUT2D eigenvalue weighted by molar-refractivity contribution is -0.144. The van der Waals surface area contributed by atoms with E-state index in [0.717, 1.165) is 36.7 Å². The van der Waals surface area contributed by atoms with Gasteiger partial charge < -0.3 is 5.11 Å². The number of ketones is 1. The first-order valence-electron chi connectivity index (χ1n) is 12.4. The van der Waals surface area contributed by atoms with Crippen molar-refractivity contribution in [2.75, 3.05) is 0 Å². The van der Waals surface area contributed by atoms with Crippen LogP contribution < -0.4 is 0 Å². The van der Waals surface area contributed by atoms with Gasteiger partial charge in [-0.15, -0.1) is 0 Å². The molecule has 1 aromatic carbocycles. The summed E-state index contributed by atoms with van der Waals surface area (Å²) >= 11 is -0.227. The zero-order chi connectivity index (χ0) is 22.0. The molecule has 2 nitrogen and oxygen atoms in total. The molecule has 8 atom stereocenters. The van der Waals surface area contributed by atoms with Crippen LogP contribution in [-0.2, 0) is 0 Å². The van der Waals surface area contributed by atoms with Crippen LogP contribution in [0.2, 0.25) is 0 Å². The van der Waals surface area contributed by atoms with Crippen molar-refractivity contribution in [3.05, 3.63) is 33.4 Å². The summed E-state index contributed by atoms with van der Waals surface area (Å²) < 4.78 is 5.38. The third kappa shape index (κ3) is 3.52. The van der Waals surface area contributed by atoms with Gasteiger partial charge in [-0.25, -0.2) is 0 Å². The minimum Gasteiger partial charge on any atom is -0.390 e. The number of fused-ring (bicyclic) bond motifs is 5. The van der Waals surface area contributed by atoms with Crippen LogP contribution in [0.25, 0.3) is 0 Å².